The summed E-state index contributed by atoms with van der Waals surface area (Å²) in [5.41, 5.74) is -0.449. The summed E-state index contributed by atoms with van der Waals surface area (Å²) in [4.78, 5) is 12.6. The minimum Gasteiger partial charge on any atom is -0.481 e. The fourth-order valence-corrected chi connectivity index (χ4v) is 2.35. The molecule has 0 spiro atoms. The zero-order valence-corrected chi connectivity index (χ0v) is 10.2. The van der Waals surface area contributed by atoms with E-state index < -0.39 is 23.6 Å². The smallest absolute Gasteiger partial charge is 0.416 e. The molecule has 1 atom stereocenters. The number of carboxylic acid groups (broad SMARTS) is 1. The second-order valence-corrected chi connectivity index (χ2v) is 4.71. The number of benzene rings is 1. The molecule has 3 nitrogen and oxygen atoms in total. The molecule has 0 radical (unpaired) electrons. The summed E-state index contributed by atoms with van der Waals surface area (Å²) in [5.74, 6) is -1.36. The van der Waals surface area contributed by atoms with Crippen LogP contribution in [0.2, 0.25) is 0 Å². The minimum absolute atomic E-state index is 0.138. The van der Waals surface area contributed by atoms with E-state index in [9.17, 15) is 18.0 Å². The first kappa shape index (κ1) is 13.9. The van der Waals surface area contributed by atoms with Gasteiger partial charge in [-0.1, -0.05) is 18.2 Å². The Hall–Kier alpha value is -1.56. The summed E-state index contributed by atoms with van der Waals surface area (Å²) in [6.45, 7) is 0.962. The third-order valence-electron chi connectivity index (χ3n) is 3.34. The molecule has 1 heterocycles. The lowest BCUT2D eigenvalue weighted by molar-refractivity contribution is -0.141. The average molecular weight is 273 g/mol. The lowest BCUT2D eigenvalue weighted by Crippen LogP contribution is -2.24. The molecule has 1 aromatic rings. The van der Waals surface area contributed by atoms with Gasteiger partial charge in [-0.05, 0) is 24.6 Å². The van der Waals surface area contributed by atoms with E-state index >= 15 is 0 Å². The van der Waals surface area contributed by atoms with Gasteiger partial charge in [-0.3, -0.25) is 9.69 Å². The highest BCUT2D eigenvalue weighted by atomic mass is 19.4. The Morgan fingerprint density at radius 2 is 2.05 bits per heavy atom. The van der Waals surface area contributed by atoms with Crippen LogP contribution in [-0.4, -0.2) is 29.1 Å². The van der Waals surface area contributed by atoms with Crippen molar-refractivity contribution >= 4 is 5.97 Å². The molecule has 19 heavy (non-hydrogen) atoms. The molecule has 1 aromatic carbocycles. The molecule has 0 aliphatic carbocycles. The highest BCUT2D eigenvalue weighted by Gasteiger charge is 2.34. The molecule has 0 aromatic heterocycles. The summed E-state index contributed by atoms with van der Waals surface area (Å²) < 4.78 is 38.4. The number of hydrogen-bond donors (Lipinski definition) is 1. The molecule has 0 unspecified atom stereocenters. The van der Waals surface area contributed by atoms with Crippen LogP contribution in [-0.2, 0) is 17.5 Å². The largest absolute Gasteiger partial charge is 0.481 e. The van der Waals surface area contributed by atoms with Crippen LogP contribution >= 0.6 is 0 Å². The van der Waals surface area contributed by atoms with E-state index in [0.717, 1.165) is 6.07 Å². The van der Waals surface area contributed by atoms with Crippen LogP contribution in [0.15, 0.2) is 24.3 Å². The van der Waals surface area contributed by atoms with Crippen molar-refractivity contribution in [1.82, 2.24) is 4.90 Å². The molecular formula is C13H14F3NO2. The Bertz CT molecular complexity index is 473. The molecule has 1 fully saturated rings. The van der Waals surface area contributed by atoms with Crippen molar-refractivity contribution in [2.45, 2.75) is 19.1 Å². The molecule has 0 amide bonds. The lowest BCUT2D eigenvalue weighted by Gasteiger charge is -2.19. The van der Waals surface area contributed by atoms with Gasteiger partial charge in [0.15, 0.2) is 0 Å². The maximum atomic E-state index is 12.8. The average Bonchev–Trinajstić information content (AvgIpc) is 2.77. The summed E-state index contributed by atoms with van der Waals surface area (Å²) in [6.07, 6.45) is -3.88. The van der Waals surface area contributed by atoms with Crippen molar-refractivity contribution in [1.29, 1.82) is 0 Å². The number of rotatable bonds is 3. The number of halogens is 3. The standard InChI is InChI=1S/C13H14F3NO2/c14-13(15,16)11-4-2-1-3-9(11)7-17-6-5-10(8-17)12(18)19/h1-4,10H,5-8H2,(H,18,19)/t10-/m1/s1. The molecule has 1 aliphatic heterocycles. The van der Waals surface area contributed by atoms with Crippen LogP contribution in [0.5, 0.6) is 0 Å². The van der Waals surface area contributed by atoms with Crippen LogP contribution in [0.1, 0.15) is 17.5 Å². The summed E-state index contributed by atoms with van der Waals surface area (Å²) in [5, 5.41) is 8.87. The van der Waals surface area contributed by atoms with E-state index in [1.807, 2.05) is 0 Å². The molecule has 1 saturated heterocycles. The predicted octanol–water partition coefficient (Wildman–Crippen LogP) is 2.61. The van der Waals surface area contributed by atoms with Crippen LogP contribution in [0.25, 0.3) is 0 Å². The molecular weight excluding hydrogens is 259 g/mol. The molecule has 0 bridgehead atoms. The minimum atomic E-state index is -4.37. The number of carbonyl (C=O) groups is 1. The van der Waals surface area contributed by atoms with E-state index in [1.54, 1.807) is 11.0 Å². The first-order chi connectivity index (χ1) is 8.88. The number of aliphatic carboxylic acids is 1. The third kappa shape index (κ3) is 3.26. The first-order valence-corrected chi connectivity index (χ1v) is 5.98. The molecule has 6 heteroatoms. The molecule has 104 valence electrons. The van der Waals surface area contributed by atoms with Gasteiger partial charge in [-0.25, -0.2) is 0 Å². The van der Waals surface area contributed by atoms with Gasteiger partial charge in [0.25, 0.3) is 0 Å². The van der Waals surface area contributed by atoms with E-state index in [-0.39, 0.29) is 12.1 Å². The van der Waals surface area contributed by atoms with Gasteiger partial charge < -0.3 is 5.11 Å². The van der Waals surface area contributed by atoms with Crippen molar-refractivity contribution in [3.8, 4) is 0 Å². The van der Waals surface area contributed by atoms with E-state index in [2.05, 4.69) is 0 Å². The number of alkyl halides is 3. The zero-order valence-electron chi connectivity index (χ0n) is 10.2. The molecule has 2 rings (SSSR count). The van der Waals surface area contributed by atoms with Crippen LogP contribution in [0.4, 0.5) is 13.2 Å². The Morgan fingerprint density at radius 3 is 2.63 bits per heavy atom. The molecule has 1 N–H and O–H groups in total. The fourth-order valence-electron chi connectivity index (χ4n) is 2.35. The van der Waals surface area contributed by atoms with Gasteiger partial charge in [-0.2, -0.15) is 13.2 Å². The quantitative estimate of drug-likeness (QED) is 0.920. The zero-order chi connectivity index (χ0) is 14.0. The SMILES string of the molecule is O=C(O)[C@@H]1CCN(Cc2ccccc2C(F)(F)F)C1. The van der Waals surface area contributed by atoms with Crippen LogP contribution in [0.3, 0.4) is 0 Å². The fraction of sp³-hybridized carbons (Fsp3) is 0.462. The topological polar surface area (TPSA) is 40.5 Å². The van der Waals surface area contributed by atoms with Crippen molar-refractivity contribution in [2.24, 2.45) is 5.92 Å². The van der Waals surface area contributed by atoms with Crippen LogP contribution in [0, 0.1) is 5.92 Å². The van der Waals surface area contributed by atoms with Gasteiger partial charge in [-0.15, -0.1) is 0 Å². The maximum absolute atomic E-state index is 12.8. The number of carboxylic acids is 1. The van der Waals surface area contributed by atoms with Gasteiger partial charge in [0, 0.05) is 13.1 Å². The Balaban J connectivity index is 2.11. The Kier molecular flexibility index (Phi) is 3.80. The monoisotopic (exact) mass is 273 g/mol. The number of hydrogen-bond acceptors (Lipinski definition) is 2. The molecule has 1 aliphatic rings. The van der Waals surface area contributed by atoms with Gasteiger partial charge in [0.05, 0.1) is 11.5 Å². The Labute approximate surface area is 108 Å². The van der Waals surface area contributed by atoms with Crippen molar-refractivity contribution in [3.63, 3.8) is 0 Å². The summed E-state index contributed by atoms with van der Waals surface area (Å²) >= 11 is 0. The second-order valence-electron chi connectivity index (χ2n) is 4.71. The second kappa shape index (κ2) is 5.21. The first-order valence-electron chi connectivity index (χ1n) is 5.98. The van der Waals surface area contributed by atoms with E-state index in [1.165, 1.54) is 12.1 Å². The van der Waals surface area contributed by atoms with Crippen molar-refractivity contribution in [3.05, 3.63) is 35.4 Å². The van der Waals surface area contributed by atoms with Gasteiger partial charge in [0.2, 0.25) is 0 Å². The third-order valence-corrected chi connectivity index (χ3v) is 3.34. The van der Waals surface area contributed by atoms with Crippen molar-refractivity contribution in [2.75, 3.05) is 13.1 Å². The highest BCUT2D eigenvalue weighted by Crippen LogP contribution is 2.33. The lowest BCUT2D eigenvalue weighted by atomic mass is 10.1. The predicted molar refractivity (Wildman–Crippen MR) is 62.5 cm³/mol. The van der Waals surface area contributed by atoms with Gasteiger partial charge >= 0.3 is 12.1 Å². The normalized spacial score (nSPS) is 20.7. The highest BCUT2D eigenvalue weighted by molar-refractivity contribution is 5.70. The van der Waals surface area contributed by atoms with Gasteiger partial charge in [0.1, 0.15) is 0 Å². The van der Waals surface area contributed by atoms with E-state index in [0.29, 0.717) is 19.5 Å². The molecule has 0 saturated carbocycles. The number of likely N-dealkylation sites (tertiary alicyclic amines) is 1. The number of nitrogens with zero attached hydrogens (tertiary/aromatic N) is 1. The summed E-state index contributed by atoms with van der Waals surface area (Å²) in [6, 6.07) is 5.42. The Morgan fingerprint density at radius 1 is 1.37 bits per heavy atom. The van der Waals surface area contributed by atoms with E-state index in [4.69, 9.17) is 5.11 Å². The van der Waals surface area contributed by atoms with Crippen molar-refractivity contribution < 1.29 is 23.1 Å². The maximum Gasteiger partial charge on any atom is 0.416 e. The summed E-state index contributed by atoms with van der Waals surface area (Å²) in [7, 11) is 0. The van der Waals surface area contributed by atoms with Crippen LogP contribution < -0.4 is 0 Å².